The summed E-state index contributed by atoms with van der Waals surface area (Å²) in [6.45, 7) is -0.360. The zero-order valence-electron chi connectivity index (χ0n) is 15.8. The first-order chi connectivity index (χ1) is 14.7. The second-order valence-corrected chi connectivity index (χ2v) is 7.20. The molecule has 31 heavy (non-hydrogen) atoms. The Morgan fingerprint density at radius 1 is 1.16 bits per heavy atom. The van der Waals surface area contributed by atoms with Gasteiger partial charge in [0.05, 0.1) is 23.4 Å². The molecule has 0 radical (unpaired) electrons. The lowest BCUT2D eigenvalue weighted by molar-refractivity contribution is -0.137. The molecule has 1 aromatic carbocycles. The van der Waals surface area contributed by atoms with Crippen LogP contribution in [-0.4, -0.2) is 28.3 Å². The molecule has 3 aromatic rings. The number of alkyl halides is 3. The molecule has 0 saturated heterocycles. The fourth-order valence-corrected chi connectivity index (χ4v) is 3.45. The number of carbonyl (C=O) groups excluding carboxylic acids is 2. The molecule has 6 nitrogen and oxygen atoms in total. The van der Waals surface area contributed by atoms with Gasteiger partial charge in [-0.3, -0.25) is 14.6 Å². The van der Waals surface area contributed by atoms with Crippen molar-refractivity contribution in [2.75, 3.05) is 16.8 Å². The number of rotatable bonds is 3. The highest BCUT2D eigenvalue weighted by Crippen LogP contribution is 2.36. The minimum absolute atomic E-state index is 0.0169. The topological polar surface area (TPSA) is 75.2 Å². The number of hydrogen-bond acceptors (Lipinski definition) is 4. The SMILES string of the molecule is O=C(CN1C(=O)Cc2cccnc2-c2cnc(Cl)cc21)Nc1ccc(C(F)(F)F)cc1. The van der Waals surface area contributed by atoms with Crippen molar-refractivity contribution < 1.29 is 22.8 Å². The van der Waals surface area contributed by atoms with Crippen molar-refractivity contribution in [3.8, 4) is 11.3 Å². The molecule has 0 fully saturated rings. The molecule has 4 rings (SSSR count). The summed E-state index contributed by atoms with van der Waals surface area (Å²) in [6, 6.07) is 9.00. The van der Waals surface area contributed by atoms with Crippen molar-refractivity contribution in [1.82, 2.24) is 9.97 Å². The molecule has 3 heterocycles. The maximum absolute atomic E-state index is 12.9. The van der Waals surface area contributed by atoms with Gasteiger partial charge in [0.1, 0.15) is 11.7 Å². The van der Waals surface area contributed by atoms with Crippen molar-refractivity contribution in [2.45, 2.75) is 12.6 Å². The Labute approximate surface area is 179 Å². The third-order valence-electron chi connectivity index (χ3n) is 4.73. The van der Waals surface area contributed by atoms with Gasteiger partial charge in [0.2, 0.25) is 11.8 Å². The number of carbonyl (C=O) groups is 2. The quantitative estimate of drug-likeness (QED) is 0.607. The van der Waals surface area contributed by atoms with E-state index >= 15 is 0 Å². The van der Waals surface area contributed by atoms with E-state index in [1.165, 1.54) is 17.2 Å². The first kappa shape index (κ1) is 20.8. The molecule has 1 aliphatic heterocycles. The predicted octanol–water partition coefficient (Wildman–Crippen LogP) is 4.34. The summed E-state index contributed by atoms with van der Waals surface area (Å²) in [7, 11) is 0. The minimum atomic E-state index is -4.47. The van der Waals surface area contributed by atoms with Gasteiger partial charge in [-0.05, 0) is 42.0 Å². The second kappa shape index (κ2) is 7.99. The van der Waals surface area contributed by atoms with Crippen LogP contribution in [0.2, 0.25) is 5.15 Å². The van der Waals surface area contributed by atoms with Crippen LogP contribution in [0.4, 0.5) is 24.5 Å². The van der Waals surface area contributed by atoms with Crippen molar-refractivity contribution in [3.63, 3.8) is 0 Å². The number of hydrogen-bond donors (Lipinski definition) is 1. The molecule has 0 spiro atoms. The molecule has 0 atom stereocenters. The molecule has 0 saturated carbocycles. The zero-order chi connectivity index (χ0) is 22.2. The van der Waals surface area contributed by atoms with Gasteiger partial charge in [0.25, 0.3) is 0 Å². The number of aromatic nitrogens is 2. The standard InChI is InChI=1S/C21H14ClF3N4O2/c22-17-9-16-15(10-27-17)20-12(2-1-7-26-20)8-19(31)29(16)11-18(30)28-14-5-3-13(4-6-14)21(23,24)25/h1-7,9-10H,8,11H2,(H,28,30). The van der Waals surface area contributed by atoms with Crippen LogP contribution in [0.25, 0.3) is 11.3 Å². The lowest BCUT2D eigenvalue weighted by Crippen LogP contribution is -2.38. The van der Waals surface area contributed by atoms with E-state index in [4.69, 9.17) is 11.6 Å². The van der Waals surface area contributed by atoms with E-state index in [0.717, 1.165) is 24.3 Å². The maximum atomic E-state index is 12.9. The molecule has 0 bridgehead atoms. The maximum Gasteiger partial charge on any atom is 0.416 e. The normalized spacial score (nSPS) is 13.3. The van der Waals surface area contributed by atoms with E-state index in [-0.39, 0.29) is 29.7 Å². The number of amides is 2. The molecule has 1 aliphatic rings. The average molecular weight is 447 g/mol. The Balaban J connectivity index is 1.60. The molecule has 1 N–H and O–H groups in total. The van der Waals surface area contributed by atoms with Crippen molar-refractivity contribution in [3.05, 3.63) is 71.1 Å². The zero-order valence-corrected chi connectivity index (χ0v) is 16.5. The summed E-state index contributed by atoms with van der Waals surface area (Å²) in [5, 5.41) is 2.65. The number of anilines is 2. The number of nitrogens with one attached hydrogen (secondary N) is 1. The van der Waals surface area contributed by atoms with Gasteiger partial charge in [-0.15, -0.1) is 0 Å². The highest BCUT2D eigenvalue weighted by Gasteiger charge is 2.31. The van der Waals surface area contributed by atoms with Gasteiger partial charge >= 0.3 is 6.18 Å². The fraction of sp³-hybridized carbons (Fsp3) is 0.143. The molecule has 0 aliphatic carbocycles. The van der Waals surface area contributed by atoms with E-state index in [1.54, 1.807) is 18.3 Å². The monoisotopic (exact) mass is 446 g/mol. The van der Waals surface area contributed by atoms with Crippen molar-refractivity contribution >= 4 is 34.8 Å². The van der Waals surface area contributed by atoms with E-state index < -0.39 is 17.6 Å². The summed E-state index contributed by atoms with van der Waals surface area (Å²) in [5.74, 6) is -0.927. The average Bonchev–Trinajstić information content (AvgIpc) is 2.82. The lowest BCUT2D eigenvalue weighted by Gasteiger charge is -2.22. The van der Waals surface area contributed by atoms with Gasteiger partial charge in [-0.2, -0.15) is 13.2 Å². The largest absolute Gasteiger partial charge is 0.416 e. The van der Waals surface area contributed by atoms with Gasteiger partial charge in [-0.25, -0.2) is 4.98 Å². The number of halogens is 4. The summed E-state index contributed by atoms with van der Waals surface area (Å²) < 4.78 is 38.1. The van der Waals surface area contributed by atoms with Crippen LogP contribution in [0.1, 0.15) is 11.1 Å². The van der Waals surface area contributed by atoms with Crippen LogP contribution < -0.4 is 10.2 Å². The van der Waals surface area contributed by atoms with E-state index in [9.17, 15) is 22.8 Å². The van der Waals surface area contributed by atoms with Crippen molar-refractivity contribution in [2.24, 2.45) is 0 Å². The Kier molecular flexibility index (Phi) is 5.36. The Hall–Kier alpha value is -3.46. The van der Waals surface area contributed by atoms with Crippen LogP contribution in [0.5, 0.6) is 0 Å². The third kappa shape index (κ3) is 4.36. The number of pyridine rings is 2. The molecule has 10 heteroatoms. The van der Waals surface area contributed by atoms with Gasteiger partial charge in [0, 0.05) is 23.6 Å². The first-order valence-corrected chi connectivity index (χ1v) is 9.47. The van der Waals surface area contributed by atoms with E-state index in [1.807, 2.05) is 0 Å². The molecule has 158 valence electrons. The van der Waals surface area contributed by atoms with E-state index in [0.29, 0.717) is 22.5 Å². The van der Waals surface area contributed by atoms with Gasteiger partial charge < -0.3 is 10.2 Å². The summed E-state index contributed by atoms with van der Waals surface area (Å²) >= 11 is 6.03. The number of nitrogens with zero attached hydrogens (tertiary/aromatic N) is 3. The predicted molar refractivity (Wildman–Crippen MR) is 109 cm³/mol. The van der Waals surface area contributed by atoms with Crippen LogP contribution in [0.15, 0.2) is 54.9 Å². The van der Waals surface area contributed by atoms with E-state index in [2.05, 4.69) is 15.3 Å². The number of benzene rings is 1. The minimum Gasteiger partial charge on any atom is -0.325 e. The molecule has 0 unspecified atom stereocenters. The van der Waals surface area contributed by atoms with Crippen LogP contribution in [-0.2, 0) is 22.2 Å². The summed E-state index contributed by atoms with van der Waals surface area (Å²) in [5.41, 5.74) is 1.54. The van der Waals surface area contributed by atoms with Gasteiger partial charge in [-0.1, -0.05) is 17.7 Å². The summed E-state index contributed by atoms with van der Waals surface area (Å²) in [4.78, 5) is 35.2. The van der Waals surface area contributed by atoms with Crippen LogP contribution >= 0.6 is 11.6 Å². The second-order valence-electron chi connectivity index (χ2n) is 6.82. The Bertz CT molecular complexity index is 1170. The number of fused-ring (bicyclic) bond motifs is 3. The van der Waals surface area contributed by atoms with Crippen LogP contribution in [0, 0.1) is 0 Å². The molecular formula is C21H14ClF3N4O2. The molecule has 2 aromatic heterocycles. The molecular weight excluding hydrogens is 433 g/mol. The Morgan fingerprint density at radius 3 is 2.61 bits per heavy atom. The highest BCUT2D eigenvalue weighted by molar-refractivity contribution is 6.30. The van der Waals surface area contributed by atoms with Crippen molar-refractivity contribution in [1.29, 1.82) is 0 Å². The lowest BCUT2D eigenvalue weighted by atomic mass is 10.1. The Morgan fingerprint density at radius 2 is 1.90 bits per heavy atom. The smallest absolute Gasteiger partial charge is 0.325 e. The van der Waals surface area contributed by atoms with Gasteiger partial charge in [0.15, 0.2) is 0 Å². The third-order valence-corrected chi connectivity index (χ3v) is 4.93. The molecule has 2 amide bonds. The summed E-state index contributed by atoms with van der Waals surface area (Å²) in [6.07, 6.45) is -1.37. The highest BCUT2D eigenvalue weighted by atomic mass is 35.5. The van der Waals surface area contributed by atoms with Crippen LogP contribution in [0.3, 0.4) is 0 Å². The first-order valence-electron chi connectivity index (χ1n) is 9.09. The fourth-order valence-electron chi connectivity index (χ4n) is 3.30.